The predicted molar refractivity (Wildman–Crippen MR) is 57.4 cm³/mol. The highest BCUT2D eigenvalue weighted by atomic mass is 19.4. The monoisotopic (exact) mass is 278 g/mol. The molecular weight excluding hydrogens is 269 g/mol. The van der Waals surface area contributed by atoms with Crippen LogP contribution in [0, 0.1) is 10.1 Å². The van der Waals surface area contributed by atoms with Gasteiger partial charge in [-0.1, -0.05) is 6.07 Å². The van der Waals surface area contributed by atoms with Gasteiger partial charge in [0.15, 0.2) is 0 Å². The molecule has 9 heteroatoms. The summed E-state index contributed by atoms with van der Waals surface area (Å²) in [6.07, 6.45) is -4.67. The zero-order valence-corrected chi connectivity index (χ0v) is 9.40. The molecule has 0 aliphatic rings. The number of nitrogens with one attached hydrogen (secondary N) is 1. The molecule has 0 spiro atoms. The molecule has 6 nitrogen and oxygen atoms in total. The van der Waals surface area contributed by atoms with Crippen LogP contribution in [0.4, 0.5) is 18.9 Å². The molecule has 19 heavy (non-hydrogen) atoms. The van der Waals surface area contributed by atoms with Crippen LogP contribution < -0.4 is 5.32 Å². The van der Waals surface area contributed by atoms with Gasteiger partial charge >= 0.3 is 12.1 Å². The average molecular weight is 278 g/mol. The van der Waals surface area contributed by atoms with E-state index in [-0.39, 0.29) is 12.1 Å². The number of rotatable bonds is 5. The Morgan fingerprint density at radius 1 is 1.42 bits per heavy atom. The summed E-state index contributed by atoms with van der Waals surface area (Å²) in [5, 5.41) is 21.4. The standard InChI is InChI=1S/C10H9F3N2O4/c11-10(12,13)7-2-1-6(4-14-5-9(16)17)8(3-7)15(18)19/h1-3,14H,4-5H2,(H,16,17). The predicted octanol–water partition coefficient (Wildman–Crippen LogP) is 1.79. The number of carboxylic acid groups (broad SMARTS) is 1. The number of alkyl halides is 3. The van der Waals surface area contributed by atoms with Crippen LogP contribution in [0.15, 0.2) is 18.2 Å². The van der Waals surface area contributed by atoms with Crippen LogP contribution in [0.2, 0.25) is 0 Å². The van der Waals surface area contributed by atoms with E-state index in [1.165, 1.54) is 0 Å². The van der Waals surface area contributed by atoms with Crippen molar-refractivity contribution in [3.63, 3.8) is 0 Å². The van der Waals surface area contributed by atoms with Gasteiger partial charge in [-0.15, -0.1) is 0 Å². The van der Waals surface area contributed by atoms with Crippen LogP contribution in [0.1, 0.15) is 11.1 Å². The summed E-state index contributed by atoms with van der Waals surface area (Å²) < 4.78 is 37.2. The molecule has 0 bridgehead atoms. The Morgan fingerprint density at radius 3 is 2.53 bits per heavy atom. The van der Waals surface area contributed by atoms with E-state index in [0.29, 0.717) is 12.1 Å². The van der Waals surface area contributed by atoms with Gasteiger partial charge in [-0.2, -0.15) is 13.2 Å². The summed E-state index contributed by atoms with van der Waals surface area (Å²) in [7, 11) is 0. The van der Waals surface area contributed by atoms with Crippen LogP contribution in [0.5, 0.6) is 0 Å². The number of hydrogen-bond donors (Lipinski definition) is 2. The minimum atomic E-state index is -4.67. The zero-order valence-electron chi connectivity index (χ0n) is 9.40. The molecule has 0 aromatic heterocycles. The molecule has 1 aromatic carbocycles. The van der Waals surface area contributed by atoms with Gasteiger partial charge in [0.1, 0.15) is 0 Å². The van der Waals surface area contributed by atoms with Crippen LogP contribution in [-0.4, -0.2) is 22.5 Å². The van der Waals surface area contributed by atoms with Crippen molar-refractivity contribution < 1.29 is 28.0 Å². The lowest BCUT2D eigenvalue weighted by Gasteiger charge is -2.09. The van der Waals surface area contributed by atoms with Gasteiger partial charge in [-0.3, -0.25) is 14.9 Å². The van der Waals surface area contributed by atoms with E-state index in [4.69, 9.17) is 5.11 Å². The second-order valence-corrected chi connectivity index (χ2v) is 3.60. The van der Waals surface area contributed by atoms with Gasteiger partial charge in [0.25, 0.3) is 5.69 Å². The number of hydrogen-bond acceptors (Lipinski definition) is 4. The molecule has 0 atom stereocenters. The number of aliphatic carboxylic acids is 1. The van der Waals surface area contributed by atoms with E-state index in [2.05, 4.69) is 5.32 Å². The number of carboxylic acids is 1. The SMILES string of the molecule is O=C(O)CNCc1ccc(C(F)(F)F)cc1[N+](=O)[O-]. The summed E-state index contributed by atoms with van der Waals surface area (Å²) in [6.45, 7) is -0.654. The third kappa shape index (κ3) is 4.21. The fourth-order valence-electron chi connectivity index (χ4n) is 1.36. The highest BCUT2D eigenvalue weighted by Crippen LogP contribution is 2.32. The molecule has 0 fully saturated rings. The Hall–Kier alpha value is -2.16. The van der Waals surface area contributed by atoms with Gasteiger partial charge in [-0.25, -0.2) is 0 Å². The first-order valence-electron chi connectivity index (χ1n) is 4.99. The first kappa shape index (κ1) is 14.9. The number of nitro benzene ring substituents is 1. The van der Waals surface area contributed by atoms with Gasteiger partial charge in [-0.05, 0) is 6.07 Å². The second-order valence-electron chi connectivity index (χ2n) is 3.60. The van der Waals surface area contributed by atoms with E-state index in [0.717, 1.165) is 6.07 Å². The fourth-order valence-corrected chi connectivity index (χ4v) is 1.36. The van der Waals surface area contributed by atoms with E-state index >= 15 is 0 Å². The van der Waals surface area contributed by atoms with Crippen LogP contribution in [0.3, 0.4) is 0 Å². The summed E-state index contributed by atoms with van der Waals surface area (Å²) in [6, 6.07) is 2.10. The van der Waals surface area contributed by atoms with Crippen molar-refractivity contribution in [3.05, 3.63) is 39.4 Å². The fraction of sp³-hybridized carbons (Fsp3) is 0.300. The van der Waals surface area contributed by atoms with E-state index in [1.807, 2.05) is 0 Å². The maximum Gasteiger partial charge on any atom is 0.416 e. The average Bonchev–Trinajstić information content (AvgIpc) is 2.27. The molecule has 0 unspecified atom stereocenters. The molecule has 1 rings (SSSR count). The highest BCUT2D eigenvalue weighted by molar-refractivity contribution is 5.69. The van der Waals surface area contributed by atoms with Crippen LogP contribution >= 0.6 is 0 Å². The summed E-state index contributed by atoms with van der Waals surface area (Å²) in [5.74, 6) is -1.17. The summed E-state index contributed by atoms with van der Waals surface area (Å²) >= 11 is 0. The lowest BCUT2D eigenvalue weighted by Crippen LogP contribution is -2.22. The Labute approximate surface area is 105 Å². The number of halogens is 3. The number of nitro groups is 1. The molecule has 1 aromatic rings. The third-order valence-corrected chi connectivity index (χ3v) is 2.20. The van der Waals surface area contributed by atoms with Crippen molar-refractivity contribution in [2.75, 3.05) is 6.54 Å². The van der Waals surface area contributed by atoms with Crippen molar-refractivity contribution >= 4 is 11.7 Å². The normalized spacial score (nSPS) is 11.3. The Balaban J connectivity index is 2.99. The Bertz CT molecular complexity index is 502. The lowest BCUT2D eigenvalue weighted by molar-refractivity contribution is -0.385. The number of carbonyl (C=O) groups is 1. The van der Waals surface area contributed by atoms with Crippen molar-refractivity contribution in [3.8, 4) is 0 Å². The maximum absolute atomic E-state index is 12.4. The van der Waals surface area contributed by atoms with Gasteiger partial charge < -0.3 is 10.4 Å². The van der Waals surface area contributed by atoms with Gasteiger partial charge in [0, 0.05) is 18.2 Å². The van der Waals surface area contributed by atoms with Crippen molar-refractivity contribution in [2.45, 2.75) is 12.7 Å². The molecule has 0 aliphatic carbocycles. The highest BCUT2D eigenvalue weighted by Gasteiger charge is 2.32. The minimum absolute atomic E-state index is 0.0146. The minimum Gasteiger partial charge on any atom is -0.480 e. The van der Waals surface area contributed by atoms with Gasteiger partial charge in [0.2, 0.25) is 0 Å². The molecule has 0 saturated carbocycles. The zero-order chi connectivity index (χ0) is 14.6. The topological polar surface area (TPSA) is 92.5 Å². The molecule has 2 N–H and O–H groups in total. The molecule has 0 amide bonds. The second kappa shape index (κ2) is 5.65. The van der Waals surface area contributed by atoms with E-state index in [9.17, 15) is 28.1 Å². The Morgan fingerprint density at radius 2 is 2.05 bits per heavy atom. The summed E-state index contributed by atoms with van der Waals surface area (Å²) in [4.78, 5) is 20.0. The van der Waals surface area contributed by atoms with E-state index in [1.54, 1.807) is 0 Å². The number of benzene rings is 1. The van der Waals surface area contributed by atoms with E-state index < -0.39 is 34.9 Å². The molecule has 0 radical (unpaired) electrons. The third-order valence-electron chi connectivity index (χ3n) is 2.20. The van der Waals surface area contributed by atoms with Crippen molar-refractivity contribution in [2.24, 2.45) is 0 Å². The van der Waals surface area contributed by atoms with Crippen LogP contribution in [-0.2, 0) is 17.5 Å². The summed E-state index contributed by atoms with van der Waals surface area (Å²) in [5.41, 5.74) is -1.84. The van der Waals surface area contributed by atoms with Gasteiger partial charge in [0.05, 0.1) is 17.0 Å². The molecular formula is C10H9F3N2O4. The quantitative estimate of drug-likeness (QED) is 0.632. The molecule has 0 saturated heterocycles. The maximum atomic E-state index is 12.4. The first-order chi connectivity index (χ1) is 8.71. The van der Waals surface area contributed by atoms with Crippen LogP contribution in [0.25, 0.3) is 0 Å². The Kier molecular flexibility index (Phi) is 4.43. The smallest absolute Gasteiger partial charge is 0.416 e. The lowest BCUT2D eigenvalue weighted by atomic mass is 10.1. The molecule has 0 aliphatic heterocycles. The van der Waals surface area contributed by atoms with Crippen molar-refractivity contribution in [1.82, 2.24) is 5.32 Å². The molecule has 0 heterocycles. The number of nitrogens with zero attached hydrogens (tertiary/aromatic N) is 1. The molecule has 104 valence electrons. The largest absolute Gasteiger partial charge is 0.480 e. The first-order valence-corrected chi connectivity index (χ1v) is 4.99. The van der Waals surface area contributed by atoms with Crippen molar-refractivity contribution in [1.29, 1.82) is 0 Å².